The van der Waals surface area contributed by atoms with Crippen LogP contribution in [0, 0.1) is 0 Å². The molecule has 0 aliphatic carbocycles. The van der Waals surface area contributed by atoms with Crippen LogP contribution in [0.4, 0.5) is 5.95 Å². The maximum atomic E-state index is 9.99. The van der Waals surface area contributed by atoms with Crippen LogP contribution in [0.25, 0.3) is 11.2 Å². The number of fused-ring (bicyclic) bond motifs is 1. The lowest BCUT2D eigenvalue weighted by Crippen LogP contribution is -2.24. The van der Waals surface area contributed by atoms with Gasteiger partial charge in [-0.2, -0.15) is 4.98 Å². The number of nitrogen functional groups attached to an aromatic ring is 1. The summed E-state index contributed by atoms with van der Waals surface area (Å²) >= 11 is 0. The fraction of sp³-hybridized carbons (Fsp3) is 0.462. The molecule has 0 spiro atoms. The third kappa shape index (κ3) is 3.31. The quantitative estimate of drug-likeness (QED) is 0.301. The molecule has 8 nitrogen and oxygen atoms in total. The monoisotopic (exact) mass is 357 g/mol. The lowest BCUT2D eigenvalue weighted by Gasteiger charge is -2.13. The molecule has 0 bridgehead atoms. The van der Waals surface area contributed by atoms with Crippen molar-refractivity contribution in [3.8, 4) is 0 Å². The fourth-order valence-corrected chi connectivity index (χ4v) is 4.06. The van der Waals surface area contributed by atoms with Crippen LogP contribution in [0.15, 0.2) is 24.0 Å². The molecule has 10 heteroatoms. The Balaban J connectivity index is 1.92. The minimum Gasteiger partial charge on any atom is -0.394 e. The Morgan fingerprint density at radius 1 is 1.61 bits per heavy atom. The highest BCUT2D eigenvalue weighted by atomic mass is 33.1. The molecule has 23 heavy (non-hydrogen) atoms. The number of ether oxygens (including phenoxy) is 1. The van der Waals surface area contributed by atoms with Crippen molar-refractivity contribution in [3.63, 3.8) is 0 Å². The van der Waals surface area contributed by atoms with Crippen LogP contribution in [0.1, 0.15) is 15.4 Å². The van der Waals surface area contributed by atoms with Crippen LogP contribution < -0.4 is 5.73 Å². The summed E-state index contributed by atoms with van der Waals surface area (Å²) in [5.74, 6) is 0.797. The largest absolute Gasteiger partial charge is 0.394 e. The van der Waals surface area contributed by atoms with Crippen LogP contribution in [0.3, 0.4) is 0 Å². The standard InChI is InChI=1S/C13H17N5O3S2/c1-2-3-22-23-12-10-11(16-13(14)17-12)18(6-15-10)9-4-7(20)8(5-19)21-9/h2,6-9,19-20H,1,3-5H2,(H2,14,16,17)/t7-,8+,9-/m0/s1/i5D2. The maximum Gasteiger partial charge on any atom is 0.223 e. The van der Waals surface area contributed by atoms with Crippen molar-refractivity contribution in [3.05, 3.63) is 19.0 Å². The SMILES string of the molecule is [2H]C([2H])(O)[C@H]1O[C@H](n2cnc3c(SSCC=C)nc(N)nc32)C[C@@H]1O. The van der Waals surface area contributed by atoms with Gasteiger partial charge in [-0.1, -0.05) is 16.9 Å². The Kier molecular flexibility index (Phi) is 4.31. The Bertz CT molecular complexity index is 785. The lowest BCUT2D eigenvalue weighted by molar-refractivity contribution is -0.0432. The van der Waals surface area contributed by atoms with Crippen LogP contribution in [-0.4, -0.2) is 54.3 Å². The average molecular weight is 357 g/mol. The number of anilines is 1. The number of hydrogen-bond donors (Lipinski definition) is 3. The summed E-state index contributed by atoms with van der Waals surface area (Å²) in [6.45, 7) is 1.01. The molecule has 0 aromatic carbocycles. The van der Waals surface area contributed by atoms with E-state index in [2.05, 4.69) is 21.5 Å². The topological polar surface area (TPSA) is 119 Å². The van der Waals surface area contributed by atoms with Gasteiger partial charge in [0.2, 0.25) is 5.95 Å². The van der Waals surface area contributed by atoms with Gasteiger partial charge in [0.15, 0.2) is 5.65 Å². The summed E-state index contributed by atoms with van der Waals surface area (Å²) in [4.78, 5) is 12.7. The number of aliphatic hydroxyl groups excluding tert-OH is 1. The minimum absolute atomic E-state index is 0.0727. The lowest BCUT2D eigenvalue weighted by atomic mass is 10.2. The predicted molar refractivity (Wildman–Crippen MR) is 89.9 cm³/mol. The number of imidazole rings is 1. The summed E-state index contributed by atoms with van der Waals surface area (Å²) in [5, 5.41) is 20.1. The van der Waals surface area contributed by atoms with Gasteiger partial charge in [-0.3, -0.25) is 4.57 Å². The van der Waals surface area contributed by atoms with Crippen molar-refractivity contribution in [1.82, 2.24) is 19.5 Å². The molecule has 0 unspecified atom stereocenters. The van der Waals surface area contributed by atoms with E-state index in [0.29, 0.717) is 16.2 Å². The zero-order valence-corrected chi connectivity index (χ0v) is 13.6. The highest BCUT2D eigenvalue weighted by molar-refractivity contribution is 8.76. The first-order chi connectivity index (χ1) is 11.8. The van der Waals surface area contributed by atoms with E-state index in [1.54, 1.807) is 10.6 Å². The van der Waals surface area contributed by atoms with Gasteiger partial charge in [-0.25, -0.2) is 9.97 Å². The summed E-state index contributed by atoms with van der Waals surface area (Å²) in [6.07, 6.45) is 0.112. The first kappa shape index (κ1) is 14.1. The molecule has 0 saturated carbocycles. The molecule has 124 valence electrons. The fourth-order valence-electron chi connectivity index (χ4n) is 2.25. The molecule has 3 atom stereocenters. The molecule has 3 rings (SSSR count). The summed E-state index contributed by atoms with van der Waals surface area (Å²) in [6, 6.07) is 0. The van der Waals surface area contributed by atoms with E-state index in [4.69, 9.17) is 13.2 Å². The van der Waals surface area contributed by atoms with Crippen molar-refractivity contribution in [2.24, 2.45) is 0 Å². The third-order valence-corrected chi connectivity index (χ3v) is 5.43. The Labute approximate surface area is 143 Å². The summed E-state index contributed by atoms with van der Waals surface area (Å²) in [7, 11) is 2.92. The Morgan fingerprint density at radius 2 is 2.43 bits per heavy atom. The summed E-state index contributed by atoms with van der Waals surface area (Å²) < 4.78 is 21.8. The molecule has 1 fully saturated rings. The third-order valence-electron chi connectivity index (χ3n) is 3.26. The molecular formula is C13H17N5O3S2. The normalized spacial score (nSPS) is 26.3. The van der Waals surface area contributed by atoms with Crippen molar-refractivity contribution in [2.45, 2.75) is 29.9 Å². The predicted octanol–water partition coefficient (Wildman–Crippen LogP) is 0.975. The molecule has 2 aromatic heterocycles. The van der Waals surface area contributed by atoms with Crippen LogP contribution in [-0.2, 0) is 4.74 Å². The van der Waals surface area contributed by atoms with Gasteiger partial charge >= 0.3 is 0 Å². The highest BCUT2D eigenvalue weighted by Crippen LogP contribution is 2.36. The van der Waals surface area contributed by atoms with Gasteiger partial charge in [0.25, 0.3) is 0 Å². The number of nitrogens with zero attached hydrogens (tertiary/aromatic N) is 4. The Hall–Kier alpha value is -1.33. The van der Waals surface area contributed by atoms with Gasteiger partial charge in [0.05, 0.1) is 21.7 Å². The maximum absolute atomic E-state index is 9.99. The second kappa shape index (κ2) is 7.05. The molecule has 1 saturated heterocycles. The van der Waals surface area contributed by atoms with E-state index in [0.717, 1.165) is 5.75 Å². The van der Waals surface area contributed by atoms with Crippen molar-refractivity contribution >= 4 is 38.7 Å². The molecule has 4 N–H and O–H groups in total. The highest BCUT2D eigenvalue weighted by Gasteiger charge is 2.35. The number of aliphatic hydroxyl groups is 2. The molecule has 1 aliphatic heterocycles. The second-order valence-corrected chi connectivity index (χ2v) is 7.14. The van der Waals surface area contributed by atoms with Gasteiger partial charge in [-0.15, -0.1) is 6.58 Å². The van der Waals surface area contributed by atoms with Gasteiger partial charge in [0, 0.05) is 12.2 Å². The first-order valence-corrected chi connectivity index (χ1v) is 9.09. The molecule has 1 aliphatic rings. The average Bonchev–Trinajstić information content (AvgIpc) is 3.10. The zero-order valence-electron chi connectivity index (χ0n) is 14.0. The van der Waals surface area contributed by atoms with E-state index >= 15 is 0 Å². The molecule has 3 heterocycles. The van der Waals surface area contributed by atoms with E-state index in [9.17, 15) is 10.2 Å². The number of aromatic nitrogens is 4. The van der Waals surface area contributed by atoms with Gasteiger partial charge < -0.3 is 20.7 Å². The molecule has 2 aromatic rings. The number of rotatable bonds is 6. The van der Waals surface area contributed by atoms with Gasteiger partial charge in [-0.05, 0) is 10.8 Å². The van der Waals surface area contributed by atoms with E-state index in [-0.39, 0.29) is 12.4 Å². The molecule has 0 radical (unpaired) electrons. The number of nitrogens with two attached hydrogens (primary N) is 1. The second-order valence-electron chi connectivity index (χ2n) is 4.81. The van der Waals surface area contributed by atoms with Crippen LogP contribution >= 0.6 is 21.6 Å². The minimum atomic E-state index is -2.65. The zero-order chi connectivity index (χ0) is 18.2. The molecule has 0 amide bonds. The van der Waals surface area contributed by atoms with E-state index in [1.165, 1.54) is 27.9 Å². The van der Waals surface area contributed by atoms with Crippen LogP contribution in [0.5, 0.6) is 0 Å². The van der Waals surface area contributed by atoms with Crippen molar-refractivity contribution < 1.29 is 17.7 Å². The smallest absolute Gasteiger partial charge is 0.223 e. The number of hydrogen-bond acceptors (Lipinski definition) is 9. The van der Waals surface area contributed by atoms with Gasteiger partial charge in [0.1, 0.15) is 22.9 Å². The summed E-state index contributed by atoms with van der Waals surface area (Å²) in [5.41, 5.74) is 6.74. The Morgan fingerprint density at radius 3 is 3.13 bits per heavy atom. The van der Waals surface area contributed by atoms with E-state index in [1.807, 2.05) is 0 Å². The van der Waals surface area contributed by atoms with Crippen LogP contribution in [0.2, 0.25) is 0 Å². The first-order valence-electron chi connectivity index (χ1n) is 7.77. The van der Waals surface area contributed by atoms with Crippen molar-refractivity contribution in [2.75, 3.05) is 18.0 Å². The molecular weight excluding hydrogens is 338 g/mol. The van der Waals surface area contributed by atoms with E-state index < -0.39 is 25.0 Å². The van der Waals surface area contributed by atoms with Crippen molar-refractivity contribution in [1.29, 1.82) is 0 Å².